The summed E-state index contributed by atoms with van der Waals surface area (Å²) in [6.45, 7) is 3.48. The SMILES string of the molecule is Cc1cnc(Cl)c(NS(=O)(=O)c2c(C)cccc2N)c1. The fourth-order valence-electron chi connectivity index (χ4n) is 1.86. The summed E-state index contributed by atoms with van der Waals surface area (Å²) >= 11 is 5.90. The lowest BCUT2D eigenvalue weighted by molar-refractivity contribution is 0.601. The monoisotopic (exact) mass is 311 g/mol. The number of aromatic nitrogens is 1. The molecule has 0 fully saturated rings. The predicted octanol–water partition coefficient (Wildman–Crippen LogP) is 2.73. The highest BCUT2D eigenvalue weighted by Crippen LogP contribution is 2.27. The third-order valence-electron chi connectivity index (χ3n) is 2.73. The van der Waals surface area contributed by atoms with Gasteiger partial charge in [0.1, 0.15) is 4.90 Å². The molecule has 0 saturated heterocycles. The van der Waals surface area contributed by atoms with Crippen molar-refractivity contribution in [3.8, 4) is 0 Å². The summed E-state index contributed by atoms with van der Waals surface area (Å²) in [6, 6.07) is 6.53. The molecule has 0 atom stereocenters. The topological polar surface area (TPSA) is 85.1 Å². The molecule has 0 aliphatic heterocycles. The molecule has 1 heterocycles. The second-order valence-electron chi connectivity index (χ2n) is 4.45. The van der Waals surface area contributed by atoms with Gasteiger partial charge in [-0.2, -0.15) is 0 Å². The van der Waals surface area contributed by atoms with E-state index in [9.17, 15) is 8.42 Å². The highest BCUT2D eigenvalue weighted by molar-refractivity contribution is 7.93. The molecule has 1 aromatic heterocycles. The molecule has 2 rings (SSSR count). The van der Waals surface area contributed by atoms with E-state index in [4.69, 9.17) is 17.3 Å². The molecule has 3 N–H and O–H groups in total. The Morgan fingerprint density at radius 1 is 1.30 bits per heavy atom. The number of hydrogen-bond acceptors (Lipinski definition) is 4. The second-order valence-corrected chi connectivity index (χ2v) is 6.43. The zero-order chi connectivity index (χ0) is 14.9. The van der Waals surface area contributed by atoms with Crippen LogP contribution in [0, 0.1) is 13.8 Å². The predicted molar refractivity (Wildman–Crippen MR) is 80.4 cm³/mol. The summed E-state index contributed by atoms with van der Waals surface area (Å²) in [5.74, 6) is 0. The summed E-state index contributed by atoms with van der Waals surface area (Å²) in [7, 11) is -3.81. The summed E-state index contributed by atoms with van der Waals surface area (Å²) in [4.78, 5) is 3.96. The number of sulfonamides is 1. The average molecular weight is 312 g/mol. The van der Waals surface area contributed by atoms with Gasteiger partial charge in [-0.05, 0) is 37.1 Å². The van der Waals surface area contributed by atoms with E-state index in [1.54, 1.807) is 38.2 Å². The van der Waals surface area contributed by atoms with E-state index >= 15 is 0 Å². The number of hydrogen-bond donors (Lipinski definition) is 2. The van der Waals surface area contributed by atoms with Crippen LogP contribution in [0.4, 0.5) is 11.4 Å². The van der Waals surface area contributed by atoms with E-state index in [-0.39, 0.29) is 21.4 Å². The van der Waals surface area contributed by atoms with Crippen molar-refractivity contribution in [3.63, 3.8) is 0 Å². The molecular weight excluding hydrogens is 298 g/mol. The number of nitrogens with zero attached hydrogens (tertiary/aromatic N) is 1. The Hall–Kier alpha value is -1.79. The number of rotatable bonds is 3. The van der Waals surface area contributed by atoms with Crippen molar-refractivity contribution in [2.24, 2.45) is 0 Å². The highest BCUT2D eigenvalue weighted by Gasteiger charge is 2.21. The minimum Gasteiger partial charge on any atom is -0.398 e. The van der Waals surface area contributed by atoms with Gasteiger partial charge in [0.2, 0.25) is 0 Å². The lowest BCUT2D eigenvalue weighted by atomic mass is 10.2. The fraction of sp³-hybridized carbons (Fsp3) is 0.154. The fourth-order valence-corrected chi connectivity index (χ4v) is 3.49. The molecule has 1 aromatic carbocycles. The number of nitrogens with two attached hydrogens (primary N) is 1. The number of anilines is 2. The van der Waals surface area contributed by atoms with E-state index in [2.05, 4.69) is 9.71 Å². The summed E-state index contributed by atoms with van der Waals surface area (Å²) < 4.78 is 27.3. The van der Waals surface area contributed by atoms with Gasteiger partial charge in [-0.1, -0.05) is 23.7 Å². The van der Waals surface area contributed by atoms with Crippen molar-refractivity contribution >= 4 is 33.0 Å². The van der Waals surface area contributed by atoms with Crippen LogP contribution in [0.5, 0.6) is 0 Å². The quantitative estimate of drug-likeness (QED) is 0.674. The van der Waals surface area contributed by atoms with Crippen LogP contribution in [0.3, 0.4) is 0 Å². The van der Waals surface area contributed by atoms with Crippen molar-refractivity contribution in [1.82, 2.24) is 4.98 Å². The summed E-state index contributed by atoms with van der Waals surface area (Å²) in [6.07, 6.45) is 1.56. The Kier molecular flexibility index (Phi) is 3.87. The first kappa shape index (κ1) is 14.6. The molecule has 0 aliphatic carbocycles. The smallest absolute Gasteiger partial charge is 0.264 e. The Bertz CT molecular complexity index is 740. The number of nitrogens with one attached hydrogen (secondary N) is 1. The zero-order valence-electron chi connectivity index (χ0n) is 11.0. The number of halogens is 1. The van der Waals surface area contributed by atoms with E-state index < -0.39 is 10.0 Å². The van der Waals surface area contributed by atoms with Crippen LogP contribution in [0.1, 0.15) is 11.1 Å². The molecule has 20 heavy (non-hydrogen) atoms. The van der Waals surface area contributed by atoms with Gasteiger partial charge >= 0.3 is 0 Å². The van der Waals surface area contributed by atoms with Gasteiger partial charge in [-0.15, -0.1) is 0 Å². The first-order chi connectivity index (χ1) is 9.31. The molecule has 0 unspecified atom stereocenters. The molecule has 0 amide bonds. The van der Waals surface area contributed by atoms with Crippen molar-refractivity contribution in [3.05, 3.63) is 46.7 Å². The Balaban J connectivity index is 2.49. The number of aryl methyl sites for hydroxylation is 2. The maximum absolute atomic E-state index is 12.4. The van der Waals surface area contributed by atoms with Crippen LogP contribution in [0.15, 0.2) is 35.4 Å². The van der Waals surface area contributed by atoms with Gasteiger partial charge in [0.05, 0.1) is 11.4 Å². The van der Waals surface area contributed by atoms with E-state index in [1.165, 1.54) is 6.07 Å². The first-order valence-electron chi connectivity index (χ1n) is 5.81. The molecule has 0 aliphatic rings. The Labute approximate surface area is 122 Å². The van der Waals surface area contributed by atoms with Crippen LogP contribution >= 0.6 is 11.6 Å². The molecular formula is C13H14ClN3O2S. The van der Waals surface area contributed by atoms with Crippen molar-refractivity contribution in [2.45, 2.75) is 18.7 Å². The summed E-state index contributed by atoms with van der Waals surface area (Å²) in [5.41, 5.74) is 7.54. The molecule has 0 bridgehead atoms. The first-order valence-corrected chi connectivity index (χ1v) is 7.67. The summed E-state index contributed by atoms with van der Waals surface area (Å²) in [5, 5.41) is 0.0892. The van der Waals surface area contributed by atoms with Crippen LogP contribution in [-0.2, 0) is 10.0 Å². The number of benzene rings is 1. The van der Waals surface area contributed by atoms with Gasteiger partial charge < -0.3 is 5.73 Å². The normalized spacial score (nSPS) is 11.3. The Morgan fingerprint density at radius 2 is 2.00 bits per heavy atom. The van der Waals surface area contributed by atoms with Crippen LogP contribution in [-0.4, -0.2) is 13.4 Å². The second kappa shape index (κ2) is 5.30. The minimum atomic E-state index is -3.81. The molecule has 5 nitrogen and oxygen atoms in total. The minimum absolute atomic E-state index is 0.0533. The lowest BCUT2D eigenvalue weighted by Gasteiger charge is -2.13. The molecule has 2 aromatic rings. The third-order valence-corrected chi connectivity index (χ3v) is 4.62. The van der Waals surface area contributed by atoms with E-state index in [0.29, 0.717) is 5.56 Å². The van der Waals surface area contributed by atoms with E-state index in [1.807, 2.05) is 0 Å². The van der Waals surface area contributed by atoms with Crippen molar-refractivity contribution in [2.75, 3.05) is 10.5 Å². The molecule has 7 heteroatoms. The third kappa shape index (κ3) is 2.86. The maximum atomic E-state index is 12.4. The van der Waals surface area contributed by atoms with Crippen LogP contribution in [0.25, 0.3) is 0 Å². The van der Waals surface area contributed by atoms with E-state index in [0.717, 1.165) is 5.56 Å². The highest BCUT2D eigenvalue weighted by atomic mass is 35.5. The van der Waals surface area contributed by atoms with Gasteiger partial charge in [0.25, 0.3) is 10.0 Å². The Morgan fingerprint density at radius 3 is 2.65 bits per heavy atom. The molecule has 106 valence electrons. The van der Waals surface area contributed by atoms with Gasteiger partial charge in [-0.3, -0.25) is 4.72 Å². The van der Waals surface area contributed by atoms with Crippen molar-refractivity contribution < 1.29 is 8.42 Å². The van der Waals surface area contributed by atoms with Gasteiger partial charge in [0, 0.05) is 6.20 Å². The van der Waals surface area contributed by atoms with Gasteiger partial charge in [-0.25, -0.2) is 13.4 Å². The largest absolute Gasteiger partial charge is 0.398 e. The lowest BCUT2D eigenvalue weighted by Crippen LogP contribution is -2.16. The number of pyridine rings is 1. The van der Waals surface area contributed by atoms with Gasteiger partial charge in [0.15, 0.2) is 5.15 Å². The van der Waals surface area contributed by atoms with Crippen LogP contribution < -0.4 is 10.5 Å². The molecule has 0 radical (unpaired) electrons. The maximum Gasteiger partial charge on any atom is 0.264 e. The van der Waals surface area contributed by atoms with Crippen LogP contribution in [0.2, 0.25) is 5.15 Å². The standard InChI is InChI=1S/C13H14ClN3O2S/c1-8-6-11(13(14)16-7-8)17-20(18,19)12-9(2)4-3-5-10(12)15/h3-7,17H,15H2,1-2H3. The van der Waals surface area contributed by atoms with Crippen molar-refractivity contribution in [1.29, 1.82) is 0 Å². The average Bonchev–Trinajstić information content (AvgIpc) is 2.33. The molecule has 0 spiro atoms. The molecule has 0 saturated carbocycles. The number of nitrogen functional groups attached to an aromatic ring is 1. The zero-order valence-corrected chi connectivity index (χ0v) is 12.6.